The second kappa shape index (κ2) is 11.0. The molecule has 1 amide bonds. The van der Waals surface area contributed by atoms with Crippen LogP contribution >= 0.6 is 11.6 Å². The van der Waals surface area contributed by atoms with Crippen molar-refractivity contribution in [1.29, 1.82) is 0 Å². The number of hydrogen-bond acceptors (Lipinski definition) is 5. The number of rotatable bonds is 10. The quantitative estimate of drug-likeness (QED) is 0.469. The van der Waals surface area contributed by atoms with Crippen LogP contribution in [0.25, 0.3) is 0 Å². The van der Waals surface area contributed by atoms with E-state index >= 15 is 0 Å². The molecule has 2 aromatic rings. The Morgan fingerprint density at radius 2 is 1.86 bits per heavy atom. The summed E-state index contributed by atoms with van der Waals surface area (Å²) in [6.45, 7) is 10.8. The number of amides is 1. The normalized spacial score (nSPS) is 17.6. The number of aromatic nitrogens is 1. The number of aryl methyl sites for hydroxylation is 2. The van der Waals surface area contributed by atoms with E-state index in [4.69, 9.17) is 21.1 Å². The van der Waals surface area contributed by atoms with Crippen LogP contribution in [0.3, 0.4) is 0 Å². The molecule has 1 aromatic heterocycles. The molecular formula is C27H38ClN3O4. The van der Waals surface area contributed by atoms with Crippen LogP contribution in [-0.4, -0.2) is 42.2 Å². The maximum Gasteiger partial charge on any atom is 0.253 e. The zero-order valence-corrected chi connectivity index (χ0v) is 22.7. The minimum absolute atomic E-state index is 0.119. The van der Waals surface area contributed by atoms with Gasteiger partial charge in [-0.25, -0.2) is 0 Å². The Morgan fingerprint density at radius 3 is 2.49 bits per heavy atom. The highest BCUT2D eigenvalue weighted by Crippen LogP contribution is 2.50. The zero-order chi connectivity index (χ0) is 25.9. The smallest absolute Gasteiger partial charge is 0.253 e. The third-order valence-electron chi connectivity index (χ3n) is 6.75. The Kier molecular flexibility index (Phi) is 8.54. The lowest BCUT2D eigenvalue weighted by molar-refractivity contribution is -0.116. The van der Waals surface area contributed by atoms with Gasteiger partial charge in [-0.2, -0.15) is 0 Å². The van der Waals surface area contributed by atoms with E-state index in [1.807, 2.05) is 33.8 Å². The van der Waals surface area contributed by atoms with Gasteiger partial charge in [0.05, 0.1) is 5.02 Å². The average molecular weight is 504 g/mol. The number of nitrogens with one attached hydrogen (secondary N) is 2. The van der Waals surface area contributed by atoms with Gasteiger partial charge in [0, 0.05) is 41.8 Å². The molecule has 1 aliphatic heterocycles. The molecule has 0 aliphatic carbocycles. The zero-order valence-electron chi connectivity index (χ0n) is 21.9. The summed E-state index contributed by atoms with van der Waals surface area (Å²) in [6.07, 6.45) is 3.98. The monoisotopic (exact) mass is 503 g/mol. The van der Waals surface area contributed by atoms with Crippen molar-refractivity contribution in [2.75, 3.05) is 20.6 Å². The van der Waals surface area contributed by atoms with Gasteiger partial charge in [-0.05, 0) is 78.4 Å². The van der Waals surface area contributed by atoms with Crippen molar-refractivity contribution in [2.24, 2.45) is 5.92 Å². The third kappa shape index (κ3) is 6.01. The molecule has 1 aromatic carbocycles. The van der Waals surface area contributed by atoms with Crippen LogP contribution in [0, 0.1) is 26.7 Å². The maximum atomic E-state index is 13.1. The summed E-state index contributed by atoms with van der Waals surface area (Å²) in [4.78, 5) is 30.4. The first-order valence-electron chi connectivity index (χ1n) is 12.3. The molecule has 3 rings (SSSR count). The number of hydrogen-bond donors (Lipinski definition) is 2. The number of H-pyrrole nitrogens is 1. The lowest BCUT2D eigenvalue weighted by Gasteiger charge is -2.32. The molecule has 2 atom stereocenters. The van der Waals surface area contributed by atoms with Crippen molar-refractivity contribution < 1.29 is 14.3 Å². The van der Waals surface area contributed by atoms with Crippen molar-refractivity contribution in [3.63, 3.8) is 0 Å². The molecule has 2 N–H and O–H groups in total. The highest BCUT2D eigenvalue weighted by atomic mass is 35.5. The van der Waals surface area contributed by atoms with Crippen molar-refractivity contribution in [3.05, 3.63) is 55.5 Å². The number of aromatic amines is 1. The molecule has 0 spiro atoms. The molecular weight excluding hydrogens is 466 g/mol. The highest BCUT2D eigenvalue weighted by molar-refractivity contribution is 6.33. The summed E-state index contributed by atoms with van der Waals surface area (Å²) in [6, 6.07) is 3.50. The van der Waals surface area contributed by atoms with Gasteiger partial charge in [0.15, 0.2) is 11.5 Å². The van der Waals surface area contributed by atoms with Gasteiger partial charge < -0.3 is 24.7 Å². The Hall–Kier alpha value is -2.51. The average Bonchev–Trinajstić information content (AvgIpc) is 3.14. The van der Waals surface area contributed by atoms with Crippen LogP contribution in [0.4, 0.5) is 0 Å². The topological polar surface area (TPSA) is 83.7 Å². The summed E-state index contributed by atoms with van der Waals surface area (Å²) in [7, 11) is 4.14. The largest absolute Gasteiger partial charge is 0.448 e. The second-order valence-electron chi connectivity index (χ2n) is 9.97. The van der Waals surface area contributed by atoms with E-state index in [0.29, 0.717) is 33.2 Å². The van der Waals surface area contributed by atoms with Gasteiger partial charge in [-0.1, -0.05) is 24.9 Å². The van der Waals surface area contributed by atoms with Gasteiger partial charge in [-0.3, -0.25) is 9.59 Å². The molecule has 7 nitrogen and oxygen atoms in total. The predicted molar refractivity (Wildman–Crippen MR) is 140 cm³/mol. The van der Waals surface area contributed by atoms with E-state index in [-0.39, 0.29) is 23.9 Å². The van der Waals surface area contributed by atoms with E-state index in [9.17, 15) is 9.59 Å². The first-order chi connectivity index (χ1) is 16.5. The molecule has 0 radical (unpaired) electrons. The summed E-state index contributed by atoms with van der Waals surface area (Å²) in [5.74, 6) is 0.0233. The molecule has 0 saturated carbocycles. The third-order valence-corrected chi connectivity index (χ3v) is 7.03. The first kappa shape index (κ1) is 27.1. The molecule has 8 heteroatoms. The van der Waals surface area contributed by atoms with Crippen LogP contribution in [-0.2, 0) is 6.54 Å². The van der Waals surface area contributed by atoms with Gasteiger partial charge in [0.25, 0.3) is 17.3 Å². The Morgan fingerprint density at radius 1 is 1.17 bits per heavy atom. The van der Waals surface area contributed by atoms with E-state index in [1.54, 1.807) is 6.07 Å². The molecule has 1 unspecified atom stereocenters. The van der Waals surface area contributed by atoms with Crippen LogP contribution in [0.2, 0.25) is 5.02 Å². The Balaban J connectivity index is 1.81. The van der Waals surface area contributed by atoms with E-state index < -0.39 is 5.79 Å². The van der Waals surface area contributed by atoms with Crippen LogP contribution < -0.4 is 20.3 Å². The van der Waals surface area contributed by atoms with Crippen molar-refractivity contribution in [1.82, 2.24) is 15.2 Å². The maximum absolute atomic E-state index is 13.1. The summed E-state index contributed by atoms with van der Waals surface area (Å²) in [5.41, 5.74) is 3.02. The molecule has 192 valence electrons. The van der Waals surface area contributed by atoms with Crippen molar-refractivity contribution in [2.45, 2.75) is 72.6 Å². The number of carbonyl (C=O) groups excluding carboxylic acids is 1. The van der Waals surface area contributed by atoms with Gasteiger partial charge >= 0.3 is 0 Å². The lowest BCUT2D eigenvalue weighted by Crippen LogP contribution is -2.43. The first-order valence-corrected chi connectivity index (χ1v) is 12.7. The molecule has 0 fully saturated rings. The predicted octanol–water partition coefficient (Wildman–Crippen LogP) is 5.13. The molecule has 2 heterocycles. The van der Waals surface area contributed by atoms with Crippen molar-refractivity contribution in [3.8, 4) is 11.5 Å². The second-order valence-corrected chi connectivity index (χ2v) is 10.4. The fourth-order valence-electron chi connectivity index (χ4n) is 4.78. The van der Waals surface area contributed by atoms with E-state index in [0.717, 1.165) is 43.5 Å². The number of halogens is 1. The molecule has 0 saturated heterocycles. The van der Waals surface area contributed by atoms with E-state index in [2.05, 4.69) is 36.2 Å². The fraction of sp³-hybridized carbons (Fsp3) is 0.556. The highest BCUT2D eigenvalue weighted by Gasteiger charge is 2.45. The Labute approximate surface area is 213 Å². The van der Waals surface area contributed by atoms with Gasteiger partial charge in [-0.15, -0.1) is 0 Å². The number of nitrogens with zero attached hydrogens (tertiary/aromatic N) is 1. The van der Waals surface area contributed by atoms with Crippen molar-refractivity contribution >= 4 is 17.5 Å². The minimum Gasteiger partial charge on any atom is -0.448 e. The number of carbonyl (C=O) groups is 1. The van der Waals surface area contributed by atoms with E-state index in [1.165, 1.54) is 0 Å². The van der Waals surface area contributed by atoms with Gasteiger partial charge in [0.1, 0.15) is 0 Å². The SMILES string of the molecule is CCCC(CCCN(C)C)[C@@]1(C)Oc2c(Cl)cc(C(=O)NCc3c(C)cc(C)[nH]c3=O)c(C)c2O1. The van der Waals surface area contributed by atoms with Crippen LogP contribution in [0.15, 0.2) is 16.9 Å². The molecule has 0 bridgehead atoms. The standard InChI is InChI=1S/C27H38ClN3O4/c1-8-10-19(11-9-12-31(6)7)27(5)34-23-18(4)20(14-22(28)24(23)35-27)25(32)29-15-21-16(2)13-17(3)30-26(21)33/h13-14,19H,8-12,15H2,1-7H3,(H,29,32)(H,30,33)/t19?,27-/m1/s1. The Bertz CT molecular complexity index is 1140. The van der Waals surface area contributed by atoms with Crippen LogP contribution in [0.5, 0.6) is 11.5 Å². The number of fused-ring (bicyclic) bond motifs is 1. The minimum atomic E-state index is -0.847. The number of benzene rings is 1. The lowest BCUT2D eigenvalue weighted by atomic mass is 9.90. The summed E-state index contributed by atoms with van der Waals surface area (Å²) in [5, 5.41) is 3.20. The summed E-state index contributed by atoms with van der Waals surface area (Å²) < 4.78 is 12.8. The van der Waals surface area contributed by atoms with Gasteiger partial charge in [0.2, 0.25) is 0 Å². The van der Waals surface area contributed by atoms with Crippen LogP contribution in [0.1, 0.15) is 72.3 Å². The summed E-state index contributed by atoms with van der Waals surface area (Å²) >= 11 is 6.58. The molecule has 1 aliphatic rings. The number of ether oxygens (including phenoxy) is 2. The fourth-order valence-corrected chi connectivity index (χ4v) is 5.02. The number of pyridine rings is 1. The molecule has 35 heavy (non-hydrogen) atoms.